The molecular formula is C15H15ClN2O2S. The van der Waals surface area contributed by atoms with Crippen LogP contribution in [0.25, 0.3) is 6.08 Å². The molecule has 2 rings (SSSR count). The van der Waals surface area contributed by atoms with Crippen LogP contribution in [0.4, 0.5) is 0 Å². The highest BCUT2D eigenvalue weighted by atomic mass is 35.5. The van der Waals surface area contributed by atoms with Gasteiger partial charge in [-0.2, -0.15) is 4.98 Å². The summed E-state index contributed by atoms with van der Waals surface area (Å²) in [5, 5.41) is 11.0. The maximum Gasteiger partial charge on any atom is 0.224 e. The van der Waals surface area contributed by atoms with E-state index in [1.54, 1.807) is 6.08 Å². The molecule has 1 unspecified atom stereocenters. The number of hydrogen-bond acceptors (Lipinski definition) is 5. The van der Waals surface area contributed by atoms with E-state index in [2.05, 4.69) is 9.97 Å². The van der Waals surface area contributed by atoms with Gasteiger partial charge in [-0.25, -0.2) is 4.98 Å². The van der Waals surface area contributed by atoms with Crippen molar-refractivity contribution in [1.29, 1.82) is 0 Å². The third-order valence-electron chi connectivity index (χ3n) is 2.79. The fraction of sp³-hybridized carbons (Fsp3) is 0.200. The smallest absolute Gasteiger partial charge is 0.224 e. The molecule has 0 amide bonds. The van der Waals surface area contributed by atoms with Crippen molar-refractivity contribution in [2.75, 3.05) is 13.4 Å². The molecule has 6 heteroatoms. The fourth-order valence-electron chi connectivity index (χ4n) is 1.76. The molecule has 1 atom stereocenters. The molecule has 0 radical (unpaired) electrons. The Morgan fingerprint density at radius 1 is 1.29 bits per heavy atom. The zero-order valence-corrected chi connectivity index (χ0v) is 13.2. The number of halogens is 1. The lowest BCUT2D eigenvalue weighted by Gasteiger charge is -2.13. The molecule has 0 aliphatic heterocycles. The minimum atomic E-state index is -0.941. The normalized spacial score (nSPS) is 12.6. The second-order valence-corrected chi connectivity index (χ2v) is 5.27. The van der Waals surface area contributed by atoms with Gasteiger partial charge in [-0.1, -0.05) is 65.8 Å². The molecular weight excluding hydrogens is 308 g/mol. The minimum Gasteiger partial charge on any atom is -0.481 e. The molecule has 0 bridgehead atoms. The van der Waals surface area contributed by atoms with Crippen molar-refractivity contribution < 1.29 is 9.84 Å². The predicted molar refractivity (Wildman–Crippen MR) is 85.8 cm³/mol. The summed E-state index contributed by atoms with van der Waals surface area (Å²) in [6.45, 7) is 0. The van der Waals surface area contributed by atoms with Crippen LogP contribution in [-0.2, 0) is 0 Å². The van der Waals surface area contributed by atoms with Crippen LogP contribution in [-0.4, -0.2) is 28.4 Å². The summed E-state index contributed by atoms with van der Waals surface area (Å²) < 4.78 is 5.20. The molecule has 0 saturated carbocycles. The van der Waals surface area contributed by atoms with E-state index in [9.17, 15) is 5.11 Å². The van der Waals surface area contributed by atoms with Crippen LogP contribution in [0.15, 0.2) is 41.6 Å². The average Bonchev–Trinajstić information content (AvgIpc) is 2.52. The zero-order valence-electron chi connectivity index (χ0n) is 11.7. The largest absolute Gasteiger partial charge is 0.481 e. The Morgan fingerprint density at radius 2 is 2.00 bits per heavy atom. The van der Waals surface area contributed by atoms with Gasteiger partial charge in [0.2, 0.25) is 5.88 Å². The van der Waals surface area contributed by atoms with Gasteiger partial charge >= 0.3 is 0 Å². The number of thioether (sulfide) groups is 1. The lowest BCUT2D eigenvalue weighted by atomic mass is 10.1. The lowest BCUT2D eigenvalue weighted by Crippen LogP contribution is -2.04. The molecule has 2 aromatic rings. The Labute approximate surface area is 132 Å². The minimum absolute atomic E-state index is 0.191. The van der Waals surface area contributed by atoms with E-state index >= 15 is 0 Å². The molecule has 0 aliphatic rings. The summed E-state index contributed by atoms with van der Waals surface area (Å²) in [4.78, 5) is 8.32. The summed E-state index contributed by atoms with van der Waals surface area (Å²) >= 11 is 7.49. The highest BCUT2D eigenvalue weighted by Gasteiger charge is 2.19. The van der Waals surface area contributed by atoms with E-state index in [0.717, 1.165) is 5.56 Å². The summed E-state index contributed by atoms with van der Waals surface area (Å²) in [6.07, 6.45) is 4.34. The second-order valence-electron chi connectivity index (χ2n) is 4.14. The monoisotopic (exact) mass is 322 g/mol. The van der Waals surface area contributed by atoms with Crippen molar-refractivity contribution in [3.8, 4) is 5.88 Å². The molecule has 0 saturated heterocycles. The molecule has 0 spiro atoms. The first-order chi connectivity index (χ1) is 10.2. The number of methoxy groups -OCH3 is 1. The van der Waals surface area contributed by atoms with Gasteiger partial charge < -0.3 is 9.84 Å². The van der Waals surface area contributed by atoms with E-state index in [1.807, 2.05) is 42.7 Å². The third kappa shape index (κ3) is 3.97. The zero-order chi connectivity index (χ0) is 15.2. The highest BCUT2D eigenvalue weighted by molar-refractivity contribution is 7.98. The first-order valence-corrected chi connectivity index (χ1v) is 7.82. The van der Waals surface area contributed by atoms with Gasteiger partial charge in [0.05, 0.1) is 12.7 Å². The van der Waals surface area contributed by atoms with Gasteiger partial charge in [-0.15, -0.1) is 0 Å². The standard InChI is InChI=1S/C15H15ClN2O2S/c1-20-14-12(13(16)17-15(18-14)21-2)11(19)9-8-10-6-4-3-5-7-10/h3-9,11,19H,1-2H3/b9-8+. The Kier molecular flexibility index (Phi) is 5.61. The number of rotatable bonds is 5. The number of aliphatic hydroxyl groups is 1. The van der Waals surface area contributed by atoms with Gasteiger partial charge in [0, 0.05) is 0 Å². The molecule has 0 fully saturated rings. The molecule has 1 N–H and O–H groups in total. The Bertz CT molecular complexity index is 635. The van der Waals surface area contributed by atoms with E-state index < -0.39 is 6.10 Å². The Morgan fingerprint density at radius 3 is 2.62 bits per heavy atom. The lowest BCUT2D eigenvalue weighted by molar-refractivity contribution is 0.221. The maximum atomic E-state index is 10.3. The Balaban J connectivity index is 2.30. The van der Waals surface area contributed by atoms with Crippen molar-refractivity contribution in [1.82, 2.24) is 9.97 Å². The number of hydrogen-bond donors (Lipinski definition) is 1. The molecule has 4 nitrogen and oxygen atoms in total. The van der Waals surface area contributed by atoms with Gasteiger partial charge in [0.1, 0.15) is 11.3 Å². The second kappa shape index (κ2) is 7.45. The predicted octanol–water partition coefficient (Wildman–Crippen LogP) is 3.61. The van der Waals surface area contributed by atoms with Crippen LogP contribution in [0, 0.1) is 0 Å². The van der Waals surface area contributed by atoms with Crippen molar-refractivity contribution in [3.05, 3.63) is 52.7 Å². The van der Waals surface area contributed by atoms with E-state index in [1.165, 1.54) is 18.9 Å². The summed E-state index contributed by atoms with van der Waals surface area (Å²) in [7, 11) is 1.49. The van der Waals surface area contributed by atoms with Crippen LogP contribution in [0.1, 0.15) is 17.2 Å². The third-order valence-corrected chi connectivity index (χ3v) is 3.62. The van der Waals surface area contributed by atoms with Crippen LogP contribution in [0.5, 0.6) is 5.88 Å². The van der Waals surface area contributed by atoms with E-state index in [0.29, 0.717) is 10.7 Å². The fourth-order valence-corrected chi connectivity index (χ4v) is 2.44. The quantitative estimate of drug-likeness (QED) is 0.518. The van der Waals surface area contributed by atoms with Crippen LogP contribution >= 0.6 is 23.4 Å². The summed E-state index contributed by atoms with van der Waals surface area (Å²) in [6, 6.07) is 9.67. The summed E-state index contributed by atoms with van der Waals surface area (Å²) in [5.41, 5.74) is 1.34. The van der Waals surface area contributed by atoms with Gasteiger partial charge in [-0.3, -0.25) is 0 Å². The highest BCUT2D eigenvalue weighted by Crippen LogP contribution is 2.32. The van der Waals surface area contributed by atoms with Crippen molar-refractivity contribution in [2.45, 2.75) is 11.3 Å². The molecule has 1 heterocycles. The molecule has 1 aromatic heterocycles. The number of aliphatic hydroxyl groups excluding tert-OH is 1. The maximum absolute atomic E-state index is 10.3. The van der Waals surface area contributed by atoms with Gasteiger partial charge in [-0.05, 0) is 11.8 Å². The van der Waals surface area contributed by atoms with Gasteiger partial charge in [0.15, 0.2) is 5.16 Å². The molecule has 21 heavy (non-hydrogen) atoms. The van der Waals surface area contributed by atoms with Crippen molar-refractivity contribution in [2.24, 2.45) is 0 Å². The SMILES string of the molecule is COc1nc(SC)nc(Cl)c1C(O)/C=C/c1ccccc1. The molecule has 1 aromatic carbocycles. The topological polar surface area (TPSA) is 55.2 Å². The van der Waals surface area contributed by atoms with Crippen molar-refractivity contribution in [3.63, 3.8) is 0 Å². The van der Waals surface area contributed by atoms with E-state index in [4.69, 9.17) is 16.3 Å². The molecule has 110 valence electrons. The Hall–Kier alpha value is -1.56. The van der Waals surface area contributed by atoms with Crippen LogP contribution < -0.4 is 4.74 Å². The van der Waals surface area contributed by atoms with Crippen molar-refractivity contribution >= 4 is 29.4 Å². The van der Waals surface area contributed by atoms with Crippen LogP contribution in [0.2, 0.25) is 5.15 Å². The van der Waals surface area contributed by atoms with Crippen LogP contribution in [0.3, 0.4) is 0 Å². The first kappa shape index (κ1) is 15.8. The van der Waals surface area contributed by atoms with Gasteiger partial charge in [0.25, 0.3) is 0 Å². The summed E-state index contributed by atoms with van der Waals surface area (Å²) in [5.74, 6) is 0.282. The molecule has 0 aliphatic carbocycles. The average molecular weight is 323 g/mol. The number of aromatic nitrogens is 2. The number of ether oxygens (including phenoxy) is 1. The first-order valence-electron chi connectivity index (χ1n) is 6.22. The number of nitrogens with zero attached hydrogens (tertiary/aromatic N) is 2. The van der Waals surface area contributed by atoms with E-state index in [-0.39, 0.29) is 11.0 Å². The number of benzene rings is 1.